The van der Waals surface area contributed by atoms with Crippen molar-refractivity contribution >= 4 is 44.0 Å². The van der Waals surface area contributed by atoms with E-state index in [9.17, 15) is 9.18 Å². The maximum absolute atomic E-state index is 13.9. The van der Waals surface area contributed by atoms with E-state index in [1.54, 1.807) is 12.1 Å². The van der Waals surface area contributed by atoms with Crippen molar-refractivity contribution in [2.75, 3.05) is 0 Å². The zero-order valence-corrected chi connectivity index (χ0v) is 19.5. The van der Waals surface area contributed by atoms with Crippen LogP contribution in [0.4, 0.5) is 4.39 Å². The molecular weight excluding hydrogens is 529 g/mol. The number of carbonyl (C=O) groups is 1. The summed E-state index contributed by atoms with van der Waals surface area (Å²) in [5.74, 6) is -0.857. The SMILES string of the molecule is Cc1cccc(COc2c(Br)cc(/C=N\NC(=O)c3ccc(C#N)cc3F)cc2Br)c1. The van der Waals surface area contributed by atoms with Gasteiger partial charge in [-0.1, -0.05) is 29.8 Å². The number of carbonyl (C=O) groups excluding carboxylic acids is 1. The van der Waals surface area contributed by atoms with Crippen molar-refractivity contribution in [1.82, 2.24) is 5.43 Å². The fraction of sp³-hybridized carbons (Fsp3) is 0.0870. The Hall–Kier alpha value is -3.02. The van der Waals surface area contributed by atoms with Gasteiger partial charge in [0.05, 0.1) is 32.4 Å². The van der Waals surface area contributed by atoms with Crippen LogP contribution in [0.5, 0.6) is 5.75 Å². The molecule has 0 aromatic heterocycles. The predicted molar refractivity (Wildman–Crippen MR) is 124 cm³/mol. The van der Waals surface area contributed by atoms with E-state index in [4.69, 9.17) is 10.00 Å². The molecule has 3 aromatic rings. The highest BCUT2D eigenvalue weighted by Crippen LogP contribution is 2.35. The Morgan fingerprint density at radius 2 is 1.94 bits per heavy atom. The number of hydrogen-bond donors (Lipinski definition) is 1. The Morgan fingerprint density at radius 3 is 2.58 bits per heavy atom. The van der Waals surface area contributed by atoms with Gasteiger partial charge in [0.2, 0.25) is 0 Å². The second-order valence-electron chi connectivity index (χ2n) is 6.60. The Labute approximate surface area is 195 Å². The summed E-state index contributed by atoms with van der Waals surface area (Å²) in [5.41, 5.74) is 5.12. The third kappa shape index (κ3) is 6.00. The summed E-state index contributed by atoms with van der Waals surface area (Å²) in [5, 5.41) is 12.6. The van der Waals surface area contributed by atoms with Gasteiger partial charge in [0.1, 0.15) is 18.2 Å². The number of nitrogens with one attached hydrogen (secondary N) is 1. The lowest BCUT2D eigenvalue weighted by Gasteiger charge is -2.11. The van der Waals surface area contributed by atoms with Crippen LogP contribution in [0.1, 0.15) is 32.6 Å². The van der Waals surface area contributed by atoms with E-state index in [0.717, 1.165) is 17.2 Å². The molecule has 156 valence electrons. The molecule has 31 heavy (non-hydrogen) atoms. The lowest BCUT2D eigenvalue weighted by Crippen LogP contribution is -2.19. The van der Waals surface area contributed by atoms with Gasteiger partial charge >= 0.3 is 0 Å². The Kier molecular flexibility index (Phi) is 7.55. The van der Waals surface area contributed by atoms with E-state index < -0.39 is 11.7 Å². The number of aryl methyl sites for hydroxylation is 1. The average Bonchev–Trinajstić information content (AvgIpc) is 2.73. The van der Waals surface area contributed by atoms with Gasteiger partial charge in [0.15, 0.2) is 0 Å². The van der Waals surface area contributed by atoms with E-state index in [1.807, 2.05) is 31.2 Å². The molecule has 0 aliphatic rings. The molecule has 8 heteroatoms. The van der Waals surface area contributed by atoms with Gasteiger partial charge in [0.25, 0.3) is 5.91 Å². The number of nitriles is 1. The minimum Gasteiger partial charge on any atom is -0.487 e. The Morgan fingerprint density at radius 1 is 1.19 bits per heavy atom. The van der Waals surface area contributed by atoms with Crippen LogP contribution in [0.2, 0.25) is 0 Å². The molecule has 3 rings (SSSR count). The van der Waals surface area contributed by atoms with E-state index in [-0.39, 0.29) is 11.1 Å². The third-order valence-corrected chi connectivity index (χ3v) is 5.39. The quantitative estimate of drug-likeness (QED) is 0.311. The zero-order valence-electron chi connectivity index (χ0n) is 16.3. The Balaban J connectivity index is 1.66. The monoisotopic (exact) mass is 543 g/mol. The van der Waals surface area contributed by atoms with Gasteiger partial charge in [0, 0.05) is 0 Å². The fourth-order valence-electron chi connectivity index (χ4n) is 2.74. The van der Waals surface area contributed by atoms with Crippen molar-refractivity contribution in [3.63, 3.8) is 0 Å². The van der Waals surface area contributed by atoms with Crippen LogP contribution in [0.25, 0.3) is 0 Å². The number of halogens is 3. The van der Waals surface area contributed by atoms with Crippen LogP contribution in [0.3, 0.4) is 0 Å². The van der Waals surface area contributed by atoms with Gasteiger partial charge < -0.3 is 4.74 Å². The number of hydrazone groups is 1. The highest BCUT2D eigenvalue weighted by Gasteiger charge is 2.12. The van der Waals surface area contributed by atoms with Crippen LogP contribution < -0.4 is 10.2 Å². The minimum absolute atomic E-state index is 0.136. The number of nitrogens with zero attached hydrogens (tertiary/aromatic N) is 2. The van der Waals surface area contributed by atoms with Crippen molar-refractivity contribution in [3.8, 4) is 11.8 Å². The molecule has 3 aromatic carbocycles. The van der Waals surface area contributed by atoms with Crippen LogP contribution in [-0.4, -0.2) is 12.1 Å². The van der Waals surface area contributed by atoms with Crippen molar-refractivity contribution in [2.45, 2.75) is 13.5 Å². The summed E-state index contributed by atoms with van der Waals surface area (Å²) < 4.78 is 21.3. The largest absolute Gasteiger partial charge is 0.487 e. The van der Waals surface area contributed by atoms with E-state index in [1.165, 1.54) is 18.3 Å². The lowest BCUT2D eigenvalue weighted by atomic mass is 10.1. The van der Waals surface area contributed by atoms with E-state index >= 15 is 0 Å². The summed E-state index contributed by atoms with van der Waals surface area (Å²) in [6, 6.07) is 17.1. The average molecular weight is 545 g/mol. The van der Waals surface area contributed by atoms with Gasteiger partial charge in [-0.3, -0.25) is 4.79 Å². The van der Waals surface area contributed by atoms with E-state index in [2.05, 4.69) is 48.5 Å². The van der Waals surface area contributed by atoms with Crippen LogP contribution in [-0.2, 0) is 6.61 Å². The summed E-state index contributed by atoms with van der Waals surface area (Å²) >= 11 is 6.97. The molecule has 0 atom stereocenters. The number of benzene rings is 3. The molecule has 1 amide bonds. The lowest BCUT2D eigenvalue weighted by molar-refractivity contribution is 0.0951. The fourth-order valence-corrected chi connectivity index (χ4v) is 4.19. The molecule has 0 bridgehead atoms. The first-order valence-electron chi connectivity index (χ1n) is 9.08. The highest BCUT2D eigenvalue weighted by atomic mass is 79.9. The van der Waals surface area contributed by atoms with Crippen LogP contribution in [0.15, 0.2) is 68.6 Å². The van der Waals surface area contributed by atoms with Crippen LogP contribution in [0, 0.1) is 24.1 Å². The molecular formula is C23H16Br2FN3O2. The molecule has 0 radical (unpaired) electrons. The van der Waals surface area contributed by atoms with Gasteiger partial charge in [-0.2, -0.15) is 10.4 Å². The first-order chi connectivity index (χ1) is 14.9. The predicted octanol–water partition coefficient (Wildman–Crippen LogP) is 5.87. The molecule has 1 N–H and O–H groups in total. The molecule has 0 fully saturated rings. The van der Waals surface area contributed by atoms with Crippen LogP contribution >= 0.6 is 31.9 Å². The first kappa shape index (κ1) is 22.7. The van der Waals surface area contributed by atoms with Crippen molar-refractivity contribution in [3.05, 3.63) is 97.2 Å². The number of ether oxygens (including phenoxy) is 1. The zero-order chi connectivity index (χ0) is 22.4. The van der Waals surface area contributed by atoms with E-state index in [0.29, 0.717) is 26.9 Å². The van der Waals surface area contributed by atoms with Gasteiger partial charge in [-0.05, 0) is 80.2 Å². The smallest absolute Gasteiger partial charge is 0.274 e. The summed E-state index contributed by atoms with van der Waals surface area (Å²) in [6.07, 6.45) is 1.43. The van der Waals surface area contributed by atoms with Crippen molar-refractivity contribution in [1.29, 1.82) is 5.26 Å². The first-order valence-corrected chi connectivity index (χ1v) is 10.7. The molecule has 0 saturated carbocycles. The normalized spacial score (nSPS) is 10.7. The summed E-state index contributed by atoms with van der Waals surface area (Å²) in [6.45, 7) is 2.44. The molecule has 0 heterocycles. The topological polar surface area (TPSA) is 74.5 Å². The molecule has 0 spiro atoms. The number of rotatable bonds is 6. The second kappa shape index (κ2) is 10.3. The third-order valence-electron chi connectivity index (χ3n) is 4.21. The number of amides is 1. The number of hydrogen-bond acceptors (Lipinski definition) is 4. The summed E-state index contributed by atoms with van der Waals surface area (Å²) in [4.78, 5) is 12.1. The standard InChI is InChI=1S/C23H16Br2FN3O2/c1-14-3-2-4-16(7-14)13-31-22-19(24)8-17(9-20(22)25)12-28-29-23(30)18-6-5-15(11-27)10-21(18)26/h2-10,12H,13H2,1H3,(H,29,30)/b28-12-. The molecule has 0 unspecified atom stereocenters. The van der Waals surface area contributed by atoms with Crippen molar-refractivity contribution in [2.24, 2.45) is 5.10 Å². The minimum atomic E-state index is -0.785. The van der Waals surface area contributed by atoms with Gasteiger partial charge in [-0.15, -0.1) is 0 Å². The Bertz CT molecular complexity index is 1180. The van der Waals surface area contributed by atoms with Crippen molar-refractivity contribution < 1.29 is 13.9 Å². The molecule has 0 saturated heterocycles. The summed E-state index contributed by atoms with van der Waals surface area (Å²) in [7, 11) is 0. The maximum atomic E-state index is 13.9. The highest BCUT2D eigenvalue weighted by molar-refractivity contribution is 9.11. The van der Waals surface area contributed by atoms with Gasteiger partial charge in [-0.25, -0.2) is 9.82 Å². The second-order valence-corrected chi connectivity index (χ2v) is 8.31. The molecule has 0 aliphatic carbocycles. The maximum Gasteiger partial charge on any atom is 0.274 e. The molecule has 0 aliphatic heterocycles. The molecule has 5 nitrogen and oxygen atoms in total.